The van der Waals surface area contributed by atoms with Gasteiger partial charge in [0.05, 0.1) is 5.92 Å². The van der Waals surface area contributed by atoms with Gasteiger partial charge < -0.3 is 10.0 Å². The first-order chi connectivity index (χ1) is 11.5. The Hall–Kier alpha value is -1.91. The van der Waals surface area contributed by atoms with E-state index in [1.165, 1.54) is 6.07 Å². The second-order valence-electron chi connectivity index (χ2n) is 7.05. The zero-order valence-corrected chi connectivity index (χ0v) is 13.8. The lowest BCUT2D eigenvalue weighted by Gasteiger charge is -2.32. The number of aliphatic carboxylic acids is 1. The molecule has 24 heavy (non-hydrogen) atoms. The lowest BCUT2D eigenvalue weighted by Crippen LogP contribution is -2.42. The number of hydrogen-bond acceptors (Lipinski definition) is 2. The topological polar surface area (TPSA) is 57.6 Å². The molecule has 1 aromatic carbocycles. The van der Waals surface area contributed by atoms with Crippen molar-refractivity contribution in [3.05, 3.63) is 35.6 Å². The molecule has 3 rings (SSSR count). The molecule has 130 valence electrons. The molecule has 1 amide bonds. The van der Waals surface area contributed by atoms with E-state index in [0.717, 1.165) is 24.9 Å². The van der Waals surface area contributed by atoms with Crippen LogP contribution in [0.5, 0.6) is 0 Å². The van der Waals surface area contributed by atoms with Gasteiger partial charge in [0.1, 0.15) is 5.82 Å². The molecule has 2 fully saturated rings. The van der Waals surface area contributed by atoms with E-state index in [2.05, 4.69) is 0 Å². The number of hydrogen-bond donors (Lipinski definition) is 1. The fraction of sp³-hybridized carbons (Fsp3) is 0.579. The second-order valence-corrected chi connectivity index (χ2v) is 7.05. The van der Waals surface area contributed by atoms with Crippen LogP contribution in [0.3, 0.4) is 0 Å². The van der Waals surface area contributed by atoms with Crippen LogP contribution in [0.4, 0.5) is 4.39 Å². The van der Waals surface area contributed by atoms with Crippen LogP contribution in [-0.4, -0.2) is 34.5 Å². The summed E-state index contributed by atoms with van der Waals surface area (Å²) in [7, 11) is 0. The minimum Gasteiger partial charge on any atom is -0.481 e. The van der Waals surface area contributed by atoms with Crippen LogP contribution >= 0.6 is 0 Å². The van der Waals surface area contributed by atoms with Crippen LogP contribution < -0.4 is 0 Å². The molecule has 1 aromatic rings. The SMILES string of the molecule is O=C(O)C1CCC(C(=O)N2CCCC2Cc2cccc(F)c2)CC1. The minimum absolute atomic E-state index is 0.0475. The fourth-order valence-electron chi connectivity index (χ4n) is 4.10. The highest BCUT2D eigenvalue weighted by Crippen LogP contribution is 2.32. The number of amides is 1. The predicted octanol–water partition coefficient (Wildman–Crippen LogP) is 3.25. The second kappa shape index (κ2) is 7.32. The Morgan fingerprint density at radius 2 is 1.83 bits per heavy atom. The van der Waals surface area contributed by atoms with Gasteiger partial charge in [0.15, 0.2) is 0 Å². The van der Waals surface area contributed by atoms with Crippen molar-refractivity contribution in [2.45, 2.75) is 51.0 Å². The van der Waals surface area contributed by atoms with E-state index in [-0.39, 0.29) is 29.6 Å². The summed E-state index contributed by atoms with van der Waals surface area (Å²) in [6.07, 6.45) is 5.14. The third kappa shape index (κ3) is 3.77. The van der Waals surface area contributed by atoms with E-state index < -0.39 is 5.97 Å². The van der Waals surface area contributed by atoms with Gasteiger partial charge >= 0.3 is 5.97 Å². The molecule has 1 N–H and O–H groups in total. The number of carbonyl (C=O) groups excluding carboxylic acids is 1. The van der Waals surface area contributed by atoms with E-state index in [9.17, 15) is 14.0 Å². The predicted molar refractivity (Wildman–Crippen MR) is 87.9 cm³/mol. The third-order valence-corrected chi connectivity index (χ3v) is 5.45. The lowest BCUT2D eigenvalue weighted by molar-refractivity contribution is -0.146. The molecule has 0 aromatic heterocycles. The Balaban J connectivity index is 1.61. The maximum Gasteiger partial charge on any atom is 0.306 e. The van der Waals surface area contributed by atoms with Crippen LogP contribution in [0.2, 0.25) is 0 Å². The highest BCUT2D eigenvalue weighted by Gasteiger charge is 2.36. The molecule has 2 aliphatic rings. The molecule has 4 nitrogen and oxygen atoms in total. The van der Waals surface area contributed by atoms with E-state index in [0.29, 0.717) is 32.1 Å². The molecule has 1 aliphatic heterocycles. The van der Waals surface area contributed by atoms with E-state index in [1.54, 1.807) is 12.1 Å². The van der Waals surface area contributed by atoms with E-state index in [1.807, 2.05) is 11.0 Å². The molecule has 0 spiro atoms. The van der Waals surface area contributed by atoms with Crippen molar-refractivity contribution < 1.29 is 19.1 Å². The van der Waals surface area contributed by atoms with Crippen LogP contribution in [0.25, 0.3) is 0 Å². The zero-order chi connectivity index (χ0) is 17.1. The van der Waals surface area contributed by atoms with Crippen molar-refractivity contribution in [3.63, 3.8) is 0 Å². The van der Waals surface area contributed by atoms with Crippen molar-refractivity contribution in [1.82, 2.24) is 4.90 Å². The summed E-state index contributed by atoms with van der Waals surface area (Å²) in [5.74, 6) is -1.16. The van der Waals surface area contributed by atoms with Crippen LogP contribution in [-0.2, 0) is 16.0 Å². The standard InChI is InChI=1S/C19H24FNO3/c20-16-4-1-3-13(11-16)12-17-5-2-10-21(17)18(22)14-6-8-15(9-7-14)19(23)24/h1,3-4,11,14-15,17H,2,5-10,12H2,(H,23,24). The third-order valence-electron chi connectivity index (χ3n) is 5.45. The largest absolute Gasteiger partial charge is 0.481 e. The molecule has 1 atom stereocenters. The molecule has 1 unspecified atom stereocenters. The number of carbonyl (C=O) groups is 2. The van der Waals surface area contributed by atoms with Crippen LogP contribution in [0, 0.1) is 17.7 Å². The zero-order valence-electron chi connectivity index (χ0n) is 13.8. The maximum atomic E-state index is 13.4. The van der Waals surface area contributed by atoms with E-state index >= 15 is 0 Å². The highest BCUT2D eigenvalue weighted by atomic mass is 19.1. The van der Waals surface area contributed by atoms with Crippen molar-refractivity contribution >= 4 is 11.9 Å². The summed E-state index contributed by atoms with van der Waals surface area (Å²) in [5, 5.41) is 9.08. The first-order valence-corrected chi connectivity index (χ1v) is 8.82. The van der Waals surface area contributed by atoms with Gasteiger partial charge in [0.2, 0.25) is 5.91 Å². The molecular weight excluding hydrogens is 309 g/mol. The molecule has 1 saturated heterocycles. The molecule has 0 radical (unpaired) electrons. The minimum atomic E-state index is -0.744. The molecule has 0 bridgehead atoms. The maximum absolute atomic E-state index is 13.4. The van der Waals surface area contributed by atoms with Gasteiger partial charge in [-0.05, 0) is 62.6 Å². The first-order valence-electron chi connectivity index (χ1n) is 8.82. The number of nitrogens with zero attached hydrogens (tertiary/aromatic N) is 1. The Labute approximate surface area is 141 Å². The number of carboxylic acid groups (broad SMARTS) is 1. The summed E-state index contributed by atoms with van der Waals surface area (Å²) in [6, 6.07) is 6.72. The summed E-state index contributed by atoms with van der Waals surface area (Å²) >= 11 is 0. The summed E-state index contributed by atoms with van der Waals surface area (Å²) < 4.78 is 13.4. The summed E-state index contributed by atoms with van der Waals surface area (Å²) in [4.78, 5) is 25.8. The average molecular weight is 333 g/mol. The Kier molecular flexibility index (Phi) is 5.17. The first kappa shape index (κ1) is 16.9. The Morgan fingerprint density at radius 1 is 1.12 bits per heavy atom. The Morgan fingerprint density at radius 3 is 2.50 bits per heavy atom. The monoisotopic (exact) mass is 333 g/mol. The van der Waals surface area contributed by atoms with Crippen molar-refractivity contribution in [2.75, 3.05) is 6.54 Å². The van der Waals surface area contributed by atoms with Crippen molar-refractivity contribution in [1.29, 1.82) is 0 Å². The molecule has 1 heterocycles. The fourth-order valence-corrected chi connectivity index (χ4v) is 4.10. The van der Waals surface area contributed by atoms with Gasteiger partial charge in [0, 0.05) is 18.5 Å². The average Bonchev–Trinajstić information content (AvgIpc) is 3.02. The molecule has 1 aliphatic carbocycles. The molecule has 1 saturated carbocycles. The van der Waals surface area contributed by atoms with Gasteiger partial charge in [-0.3, -0.25) is 9.59 Å². The van der Waals surface area contributed by atoms with Gasteiger partial charge in [-0.2, -0.15) is 0 Å². The van der Waals surface area contributed by atoms with Gasteiger partial charge in [-0.15, -0.1) is 0 Å². The number of likely N-dealkylation sites (tertiary alicyclic amines) is 1. The Bertz CT molecular complexity index is 610. The normalized spacial score (nSPS) is 27.2. The van der Waals surface area contributed by atoms with Crippen molar-refractivity contribution in [3.8, 4) is 0 Å². The quantitative estimate of drug-likeness (QED) is 0.920. The van der Waals surface area contributed by atoms with Gasteiger partial charge in [-0.25, -0.2) is 4.39 Å². The van der Waals surface area contributed by atoms with Crippen LogP contribution in [0.15, 0.2) is 24.3 Å². The lowest BCUT2D eigenvalue weighted by atomic mass is 9.81. The highest BCUT2D eigenvalue weighted by molar-refractivity contribution is 5.80. The van der Waals surface area contributed by atoms with Crippen molar-refractivity contribution in [2.24, 2.45) is 11.8 Å². The van der Waals surface area contributed by atoms with Gasteiger partial charge in [0.25, 0.3) is 0 Å². The smallest absolute Gasteiger partial charge is 0.306 e. The number of benzene rings is 1. The van der Waals surface area contributed by atoms with E-state index in [4.69, 9.17) is 5.11 Å². The summed E-state index contributed by atoms with van der Waals surface area (Å²) in [5.41, 5.74) is 0.925. The number of carboxylic acids is 1. The summed E-state index contributed by atoms with van der Waals surface area (Å²) in [6.45, 7) is 0.762. The number of halogens is 1. The molecular formula is C19H24FNO3. The van der Waals surface area contributed by atoms with Crippen LogP contribution in [0.1, 0.15) is 44.1 Å². The molecule has 5 heteroatoms. The van der Waals surface area contributed by atoms with Gasteiger partial charge in [-0.1, -0.05) is 12.1 Å². The number of rotatable bonds is 4.